The van der Waals surface area contributed by atoms with Crippen LogP contribution in [0.15, 0.2) is 36.5 Å². The average molecular weight is 278 g/mol. The first-order valence-corrected chi connectivity index (χ1v) is 6.36. The van der Waals surface area contributed by atoms with Gasteiger partial charge in [-0.15, -0.1) is 0 Å². The quantitative estimate of drug-likeness (QED) is 0.906. The van der Waals surface area contributed by atoms with E-state index in [0.717, 1.165) is 0 Å². The molecule has 2 aromatic rings. The van der Waals surface area contributed by atoms with Crippen molar-refractivity contribution in [3.05, 3.63) is 53.7 Å². The van der Waals surface area contributed by atoms with Crippen LogP contribution in [0.3, 0.4) is 0 Å². The number of nitrogens with zero attached hydrogens (tertiary/aromatic N) is 1. The Morgan fingerprint density at radius 1 is 1.25 bits per heavy atom. The highest BCUT2D eigenvalue weighted by atomic mass is 19.1. The third-order valence-electron chi connectivity index (χ3n) is 2.65. The van der Waals surface area contributed by atoms with Crippen molar-refractivity contribution in [2.45, 2.75) is 26.4 Å². The van der Waals surface area contributed by atoms with E-state index in [4.69, 9.17) is 4.74 Å². The molecule has 20 heavy (non-hydrogen) atoms. The lowest BCUT2D eigenvalue weighted by Crippen LogP contribution is -2.22. The number of rotatable bonds is 5. The maximum atomic E-state index is 14.2. The monoisotopic (exact) mass is 278 g/mol. The van der Waals surface area contributed by atoms with Crippen molar-refractivity contribution in [3.8, 4) is 11.6 Å². The van der Waals surface area contributed by atoms with Crippen LogP contribution in [0.25, 0.3) is 0 Å². The van der Waals surface area contributed by atoms with Gasteiger partial charge >= 0.3 is 0 Å². The van der Waals surface area contributed by atoms with E-state index in [9.17, 15) is 8.78 Å². The first-order valence-electron chi connectivity index (χ1n) is 6.36. The average Bonchev–Trinajstić information content (AvgIpc) is 2.40. The molecule has 0 spiro atoms. The van der Waals surface area contributed by atoms with Gasteiger partial charge < -0.3 is 10.1 Å². The number of pyridine rings is 1. The van der Waals surface area contributed by atoms with Crippen LogP contribution in [0.4, 0.5) is 8.78 Å². The largest absolute Gasteiger partial charge is 0.436 e. The number of benzene rings is 1. The van der Waals surface area contributed by atoms with Crippen LogP contribution in [0, 0.1) is 11.6 Å². The number of hydrogen-bond donors (Lipinski definition) is 1. The van der Waals surface area contributed by atoms with Gasteiger partial charge in [-0.05, 0) is 18.2 Å². The molecule has 1 heterocycles. The summed E-state index contributed by atoms with van der Waals surface area (Å²) >= 11 is 0. The molecule has 1 aromatic heterocycles. The van der Waals surface area contributed by atoms with Crippen LogP contribution in [0.5, 0.6) is 11.6 Å². The van der Waals surface area contributed by atoms with Crippen LogP contribution in [-0.4, -0.2) is 11.0 Å². The zero-order valence-electron chi connectivity index (χ0n) is 11.4. The van der Waals surface area contributed by atoms with Gasteiger partial charge in [0, 0.05) is 30.4 Å². The van der Waals surface area contributed by atoms with Gasteiger partial charge in [-0.1, -0.05) is 19.9 Å². The Labute approximate surface area is 116 Å². The van der Waals surface area contributed by atoms with Crippen LogP contribution >= 0.6 is 0 Å². The van der Waals surface area contributed by atoms with Crippen LogP contribution in [-0.2, 0) is 6.54 Å². The van der Waals surface area contributed by atoms with E-state index >= 15 is 0 Å². The fraction of sp³-hybridized carbons (Fsp3) is 0.267. The summed E-state index contributed by atoms with van der Waals surface area (Å²) in [5.41, 5.74) is 0.458. The summed E-state index contributed by atoms with van der Waals surface area (Å²) in [6.07, 6.45) is 1.47. The molecular formula is C15H16F2N2O. The standard InChI is InChI=1S/C15H16F2N2O/c1-10(2)19-9-11-6-7-18-15(14(11)17)20-13-5-3-4-12(16)8-13/h3-8,10,19H,9H2,1-2H3. The molecular weight excluding hydrogens is 262 g/mol. The minimum absolute atomic E-state index is 0.154. The highest BCUT2D eigenvalue weighted by Crippen LogP contribution is 2.24. The van der Waals surface area contributed by atoms with Crippen molar-refractivity contribution in [2.24, 2.45) is 0 Å². The maximum Gasteiger partial charge on any atom is 0.256 e. The molecule has 0 saturated heterocycles. The van der Waals surface area contributed by atoms with E-state index in [2.05, 4.69) is 10.3 Å². The van der Waals surface area contributed by atoms with Crippen molar-refractivity contribution >= 4 is 0 Å². The van der Waals surface area contributed by atoms with Crippen LogP contribution in [0.1, 0.15) is 19.4 Å². The Hall–Kier alpha value is -2.01. The highest BCUT2D eigenvalue weighted by molar-refractivity contribution is 5.30. The molecule has 0 atom stereocenters. The van der Waals surface area contributed by atoms with E-state index in [0.29, 0.717) is 12.1 Å². The molecule has 0 amide bonds. The molecule has 0 aliphatic rings. The Kier molecular flexibility index (Phi) is 4.63. The number of halogens is 2. The van der Waals surface area contributed by atoms with Crippen molar-refractivity contribution in [3.63, 3.8) is 0 Å². The molecule has 0 unspecified atom stereocenters. The zero-order chi connectivity index (χ0) is 14.5. The SMILES string of the molecule is CC(C)NCc1ccnc(Oc2cccc(F)c2)c1F. The van der Waals surface area contributed by atoms with Crippen molar-refractivity contribution < 1.29 is 13.5 Å². The Balaban J connectivity index is 2.18. The lowest BCUT2D eigenvalue weighted by atomic mass is 10.2. The van der Waals surface area contributed by atoms with E-state index in [1.807, 2.05) is 13.8 Å². The summed E-state index contributed by atoms with van der Waals surface area (Å²) in [5.74, 6) is -0.922. The van der Waals surface area contributed by atoms with Crippen molar-refractivity contribution in [1.29, 1.82) is 0 Å². The van der Waals surface area contributed by atoms with E-state index < -0.39 is 11.6 Å². The first-order chi connectivity index (χ1) is 9.56. The summed E-state index contributed by atoms with van der Waals surface area (Å²) in [7, 11) is 0. The van der Waals surface area contributed by atoms with E-state index in [1.54, 1.807) is 12.1 Å². The van der Waals surface area contributed by atoms with Gasteiger partial charge in [-0.3, -0.25) is 0 Å². The lowest BCUT2D eigenvalue weighted by molar-refractivity contribution is 0.413. The molecule has 0 bridgehead atoms. The van der Waals surface area contributed by atoms with Gasteiger partial charge in [0.05, 0.1) is 0 Å². The smallest absolute Gasteiger partial charge is 0.256 e. The third-order valence-corrected chi connectivity index (χ3v) is 2.65. The zero-order valence-corrected chi connectivity index (χ0v) is 11.4. The van der Waals surface area contributed by atoms with Gasteiger partial charge in [-0.25, -0.2) is 13.8 Å². The first kappa shape index (κ1) is 14.4. The second kappa shape index (κ2) is 6.43. The van der Waals surface area contributed by atoms with Crippen LogP contribution in [0.2, 0.25) is 0 Å². The van der Waals surface area contributed by atoms with Gasteiger partial charge in [0.1, 0.15) is 11.6 Å². The van der Waals surface area contributed by atoms with Crippen molar-refractivity contribution in [1.82, 2.24) is 10.3 Å². The number of ether oxygens (including phenoxy) is 1. The fourth-order valence-corrected chi connectivity index (χ4v) is 1.63. The number of nitrogens with one attached hydrogen (secondary N) is 1. The normalized spacial score (nSPS) is 10.8. The summed E-state index contributed by atoms with van der Waals surface area (Å²) < 4.78 is 32.5. The summed E-state index contributed by atoms with van der Waals surface area (Å²) in [5, 5.41) is 3.12. The Morgan fingerprint density at radius 2 is 2.05 bits per heavy atom. The molecule has 106 valence electrons. The summed E-state index contributed by atoms with van der Waals surface area (Å²) in [6.45, 7) is 4.33. The molecule has 5 heteroatoms. The number of hydrogen-bond acceptors (Lipinski definition) is 3. The highest BCUT2D eigenvalue weighted by Gasteiger charge is 2.12. The molecule has 1 N–H and O–H groups in total. The minimum Gasteiger partial charge on any atom is -0.436 e. The van der Waals surface area contributed by atoms with Crippen LogP contribution < -0.4 is 10.1 Å². The molecule has 1 aromatic carbocycles. The van der Waals surface area contributed by atoms with Gasteiger partial charge in [0.15, 0.2) is 5.82 Å². The summed E-state index contributed by atoms with van der Waals surface area (Å²) in [6, 6.07) is 7.34. The van der Waals surface area contributed by atoms with Gasteiger partial charge in [-0.2, -0.15) is 0 Å². The number of aromatic nitrogens is 1. The molecule has 0 fully saturated rings. The minimum atomic E-state index is -0.537. The molecule has 0 aliphatic carbocycles. The molecule has 0 saturated carbocycles. The fourth-order valence-electron chi connectivity index (χ4n) is 1.63. The van der Waals surface area contributed by atoms with E-state index in [1.165, 1.54) is 24.4 Å². The van der Waals surface area contributed by atoms with Gasteiger partial charge in [0.25, 0.3) is 5.88 Å². The molecule has 2 rings (SSSR count). The molecule has 0 radical (unpaired) electrons. The Bertz CT molecular complexity index is 588. The lowest BCUT2D eigenvalue weighted by Gasteiger charge is -2.11. The summed E-state index contributed by atoms with van der Waals surface area (Å²) in [4.78, 5) is 3.84. The maximum absolute atomic E-state index is 14.2. The van der Waals surface area contributed by atoms with Gasteiger partial charge in [0.2, 0.25) is 0 Å². The third kappa shape index (κ3) is 3.74. The van der Waals surface area contributed by atoms with Crippen molar-refractivity contribution in [2.75, 3.05) is 0 Å². The second-order valence-corrected chi connectivity index (χ2v) is 4.68. The van der Waals surface area contributed by atoms with E-state index in [-0.39, 0.29) is 17.7 Å². The topological polar surface area (TPSA) is 34.2 Å². The predicted molar refractivity (Wildman–Crippen MR) is 72.6 cm³/mol. The Morgan fingerprint density at radius 3 is 2.75 bits per heavy atom. The predicted octanol–water partition coefficient (Wildman–Crippen LogP) is 3.65. The second-order valence-electron chi connectivity index (χ2n) is 4.68. The molecule has 3 nitrogen and oxygen atoms in total. The molecule has 0 aliphatic heterocycles.